The van der Waals surface area contributed by atoms with Crippen LogP contribution in [0.3, 0.4) is 0 Å². The average molecular weight is 835 g/mol. The minimum Gasteiger partial charge on any atom is -0.491 e. The third kappa shape index (κ3) is 7.45. The standard InChI is InChI=1S/C43H47ClN10O6/c1-59-41(33-20-46-53-23-28(44)19-45-39(33)53)47-35-16-27-22-52(49-34(27)18-37(35)60-24-26-2-3-26)29-10-12-50(13-11-29)21-25-8-14-51(15-9-25)30-4-5-31-32(17-30)43(58)54(42(31)57)36-6-7-38(55)48-40(36)56/h4-5,16-20,22-23,25-26,29,36,41,47H,2-3,6-15,21,24H2,1H3,(H,48,55,56). The largest absolute Gasteiger partial charge is 0.491 e. The lowest BCUT2D eigenvalue weighted by Crippen LogP contribution is -2.54. The molecule has 5 aliphatic rings. The summed E-state index contributed by atoms with van der Waals surface area (Å²) in [6.45, 7) is 5.44. The van der Waals surface area contributed by atoms with Gasteiger partial charge in [-0.25, -0.2) is 9.50 Å². The Labute approximate surface area is 351 Å². The molecule has 10 rings (SSSR count). The zero-order valence-corrected chi connectivity index (χ0v) is 34.1. The molecule has 312 valence electrons. The summed E-state index contributed by atoms with van der Waals surface area (Å²) in [5.41, 5.74) is 4.69. The van der Waals surface area contributed by atoms with Gasteiger partial charge in [0.05, 0.1) is 58.0 Å². The van der Waals surface area contributed by atoms with E-state index in [1.807, 2.05) is 12.1 Å². The zero-order chi connectivity index (χ0) is 41.1. The van der Waals surface area contributed by atoms with E-state index in [-0.39, 0.29) is 18.7 Å². The number of carbonyl (C=O) groups is 4. The minimum absolute atomic E-state index is 0.0966. The van der Waals surface area contributed by atoms with Crippen molar-refractivity contribution >= 4 is 63.2 Å². The van der Waals surface area contributed by atoms with Gasteiger partial charge in [0.1, 0.15) is 11.8 Å². The summed E-state index contributed by atoms with van der Waals surface area (Å²) in [5.74, 6) is -0.0489. The van der Waals surface area contributed by atoms with Crippen molar-refractivity contribution < 1.29 is 28.7 Å². The van der Waals surface area contributed by atoms with Crippen LogP contribution in [0, 0.1) is 11.8 Å². The van der Waals surface area contributed by atoms with Crippen molar-refractivity contribution in [3.05, 3.63) is 76.8 Å². The molecular formula is C43H47ClN10O6. The topological polar surface area (TPSA) is 169 Å². The predicted molar refractivity (Wildman–Crippen MR) is 222 cm³/mol. The normalized spacial score (nSPS) is 21.3. The second-order valence-corrected chi connectivity index (χ2v) is 17.2. The summed E-state index contributed by atoms with van der Waals surface area (Å²) in [4.78, 5) is 61.1. The SMILES string of the molecule is COC(Nc1cc2cn(C3CCN(CC4CCN(c5ccc6c(c5)C(=O)N(C5CCC(=O)NC5=O)C6=O)CC4)CC3)nc2cc1OCC1CC1)c1cnn2cc(Cl)cnc12. The van der Waals surface area contributed by atoms with Crippen molar-refractivity contribution in [1.82, 2.24) is 39.5 Å². The maximum Gasteiger partial charge on any atom is 0.262 e. The van der Waals surface area contributed by atoms with Gasteiger partial charge in [-0.3, -0.25) is 34.1 Å². The molecule has 2 aromatic carbocycles. The number of halogens is 1. The Hall–Kier alpha value is -5.58. The summed E-state index contributed by atoms with van der Waals surface area (Å²) < 4.78 is 16.1. The Morgan fingerprint density at radius 2 is 1.70 bits per heavy atom. The molecule has 0 spiro atoms. The van der Waals surface area contributed by atoms with Gasteiger partial charge in [0, 0.05) is 75.8 Å². The fraction of sp³-hybridized carbons (Fsp3) is 0.465. The van der Waals surface area contributed by atoms with Gasteiger partial charge in [-0.1, -0.05) is 11.6 Å². The van der Waals surface area contributed by atoms with Crippen LogP contribution in [-0.4, -0.2) is 110 Å². The summed E-state index contributed by atoms with van der Waals surface area (Å²) in [7, 11) is 1.65. The minimum atomic E-state index is -0.968. The molecule has 16 nitrogen and oxygen atoms in total. The first-order valence-corrected chi connectivity index (χ1v) is 21.3. The van der Waals surface area contributed by atoms with Crippen LogP contribution in [0.4, 0.5) is 11.4 Å². The van der Waals surface area contributed by atoms with Crippen molar-refractivity contribution in [3.63, 3.8) is 0 Å². The van der Waals surface area contributed by atoms with E-state index in [9.17, 15) is 19.2 Å². The highest BCUT2D eigenvalue weighted by molar-refractivity contribution is 6.30. The molecule has 1 aliphatic carbocycles. The Bertz CT molecular complexity index is 2500. The van der Waals surface area contributed by atoms with Gasteiger partial charge in [-0.05, 0) is 81.0 Å². The lowest BCUT2D eigenvalue weighted by atomic mass is 9.94. The maximum atomic E-state index is 13.4. The summed E-state index contributed by atoms with van der Waals surface area (Å²) >= 11 is 6.16. The number of benzene rings is 2. The summed E-state index contributed by atoms with van der Waals surface area (Å²) in [5, 5.41) is 16.8. The molecular weight excluding hydrogens is 788 g/mol. The van der Waals surface area contributed by atoms with Crippen molar-refractivity contribution in [3.8, 4) is 5.75 Å². The quantitative estimate of drug-likeness (QED) is 0.124. The number of hydrogen-bond donors (Lipinski definition) is 2. The number of methoxy groups -OCH3 is 1. The third-order valence-corrected chi connectivity index (χ3v) is 13.0. The fourth-order valence-corrected chi connectivity index (χ4v) is 9.35. The van der Waals surface area contributed by atoms with Gasteiger partial charge in [0.25, 0.3) is 11.8 Å². The molecule has 60 heavy (non-hydrogen) atoms. The first kappa shape index (κ1) is 38.6. The van der Waals surface area contributed by atoms with E-state index in [1.165, 1.54) is 12.8 Å². The number of fused-ring (bicyclic) bond motifs is 3. The number of nitrogens with zero attached hydrogens (tertiary/aromatic N) is 8. The number of hydrogen-bond acceptors (Lipinski definition) is 12. The number of aromatic nitrogens is 5. The number of amides is 4. The van der Waals surface area contributed by atoms with Crippen molar-refractivity contribution in [1.29, 1.82) is 0 Å². The molecule has 0 bridgehead atoms. The van der Waals surface area contributed by atoms with Crippen LogP contribution in [0.15, 0.2) is 55.1 Å². The van der Waals surface area contributed by atoms with Crippen LogP contribution in [0.25, 0.3) is 16.6 Å². The molecule has 17 heteroatoms. The summed E-state index contributed by atoms with van der Waals surface area (Å²) in [6, 6.07) is 8.85. The Balaban J connectivity index is 0.754. The van der Waals surface area contributed by atoms with Gasteiger partial charge in [-0.15, -0.1) is 0 Å². The smallest absolute Gasteiger partial charge is 0.262 e. The highest BCUT2D eigenvalue weighted by atomic mass is 35.5. The fourth-order valence-electron chi connectivity index (χ4n) is 9.20. The highest BCUT2D eigenvalue weighted by Crippen LogP contribution is 2.38. The van der Waals surface area contributed by atoms with Crippen LogP contribution in [0.1, 0.15) is 89.9 Å². The third-order valence-electron chi connectivity index (χ3n) is 12.8. The number of carbonyl (C=O) groups excluding carboxylic acids is 4. The van der Waals surface area contributed by atoms with Crippen LogP contribution in [0.2, 0.25) is 5.02 Å². The molecule has 2 atom stereocenters. The molecule has 5 aromatic rings. The second-order valence-electron chi connectivity index (χ2n) is 16.8. The molecule has 4 amide bonds. The van der Waals surface area contributed by atoms with Crippen LogP contribution in [0.5, 0.6) is 5.75 Å². The average Bonchev–Trinajstić information content (AvgIpc) is 3.77. The van der Waals surface area contributed by atoms with Crippen molar-refractivity contribution in [2.45, 2.75) is 69.7 Å². The second kappa shape index (κ2) is 15.8. The Morgan fingerprint density at radius 1 is 0.900 bits per heavy atom. The number of piperidine rings is 3. The molecule has 0 radical (unpaired) electrons. The Kier molecular flexibility index (Phi) is 10.2. The highest BCUT2D eigenvalue weighted by Gasteiger charge is 2.45. The van der Waals surface area contributed by atoms with Gasteiger partial charge >= 0.3 is 0 Å². The van der Waals surface area contributed by atoms with E-state index >= 15 is 0 Å². The van der Waals surface area contributed by atoms with E-state index in [2.05, 4.69) is 47.5 Å². The van der Waals surface area contributed by atoms with Crippen molar-refractivity contribution in [2.24, 2.45) is 11.8 Å². The monoisotopic (exact) mass is 834 g/mol. The molecule has 1 saturated carbocycles. The molecule has 4 aliphatic heterocycles. The van der Waals surface area contributed by atoms with Crippen molar-refractivity contribution in [2.75, 3.05) is 56.7 Å². The van der Waals surface area contributed by atoms with E-state index in [0.29, 0.717) is 46.3 Å². The maximum absolute atomic E-state index is 13.4. The van der Waals surface area contributed by atoms with Gasteiger partial charge in [0.2, 0.25) is 11.8 Å². The molecule has 7 heterocycles. The van der Waals surface area contributed by atoms with E-state index < -0.39 is 30.0 Å². The van der Waals surface area contributed by atoms with E-state index in [0.717, 1.165) is 96.9 Å². The molecule has 2 unspecified atom stereocenters. The van der Waals surface area contributed by atoms with Crippen LogP contribution in [-0.2, 0) is 14.3 Å². The molecule has 3 saturated heterocycles. The predicted octanol–water partition coefficient (Wildman–Crippen LogP) is 5.23. The lowest BCUT2D eigenvalue weighted by Gasteiger charge is -2.38. The number of ether oxygens (including phenoxy) is 2. The Morgan fingerprint density at radius 3 is 2.47 bits per heavy atom. The van der Waals surface area contributed by atoms with E-state index in [4.69, 9.17) is 26.2 Å². The molecule has 4 fully saturated rings. The van der Waals surface area contributed by atoms with E-state index in [1.54, 1.807) is 42.3 Å². The number of likely N-dealkylation sites (tertiary alicyclic amines) is 1. The molecule has 2 N–H and O–H groups in total. The van der Waals surface area contributed by atoms with Crippen LogP contribution >= 0.6 is 11.6 Å². The van der Waals surface area contributed by atoms with Gasteiger partial charge in [-0.2, -0.15) is 10.2 Å². The number of anilines is 2. The van der Waals surface area contributed by atoms with Gasteiger partial charge in [0.15, 0.2) is 11.9 Å². The lowest BCUT2D eigenvalue weighted by molar-refractivity contribution is -0.136. The number of nitrogens with one attached hydrogen (secondary N) is 2. The summed E-state index contributed by atoms with van der Waals surface area (Å²) in [6.07, 6.45) is 13.4. The first-order chi connectivity index (χ1) is 29.2. The molecule has 3 aromatic heterocycles. The number of rotatable bonds is 12. The number of imide groups is 2. The van der Waals surface area contributed by atoms with Gasteiger partial charge < -0.3 is 24.6 Å². The zero-order valence-electron chi connectivity index (χ0n) is 33.4. The first-order valence-electron chi connectivity index (χ1n) is 21.0. The van der Waals surface area contributed by atoms with Crippen LogP contribution < -0.4 is 20.3 Å².